The Hall–Kier alpha value is -1.57. The molecule has 2 rings (SSSR count). The number of rotatable bonds is 2. The minimum absolute atomic E-state index is 0.865. The molecular formula is C12H13NO. The van der Waals surface area contributed by atoms with Gasteiger partial charge < -0.3 is 4.90 Å². The van der Waals surface area contributed by atoms with Gasteiger partial charge in [-0.2, -0.15) is 0 Å². The average molecular weight is 187 g/mol. The number of fused-ring (bicyclic) bond motifs is 1. The first-order valence-electron chi connectivity index (χ1n) is 4.86. The lowest BCUT2D eigenvalue weighted by Gasteiger charge is -2.18. The fourth-order valence-corrected chi connectivity index (χ4v) is 1.97. The zero-order valence-corrected chi connectivity index (χ0v) is 8.23. The summed E-state index contributed by atoms with van der Waals surface area (Å²) >= 11 is 0. The van der Waals surface area contributed by atoms with E-state index in [-0.39, 0.29) is 0 Å². The number of carbonyl (C=O) groups excluding carboxylic acids is 1. The quantitative estimate of drug-likeness (QED) is 0.522. The molecule has 72 valence electrons. The molecule has 0 saturated heterocycles. The first-order chi connectivity index (χ1) is 6.86. The molecule has 0 N–H and O–H groups in total. The number of aldehydes is 1. The Kier molecular flexibility index (Phi) is 2.35. The van der Waals surface area contributed by atoms with Crippen molar-refractivity contribution in [3.63, 3.8) is 0 Å². The number of allylic oxidation sites excluding steroid dienone is 2. The van der Waals surface area contributed by atoms with E-state index in [2.05, 4.69) is 24.0 Å². The topological polar surface area (TPSA) is 20.3 Å². The van der Waals surface area contributed by atoms with Crippen LogP contribution in [0.4, 0.5) is 5.69 Å². The van der Waals surface area contributed by atoms with Gasteiger partial charge in [-0.15, -0.1) is 0 Å². The summed E-state index contributed by atoms with van der Waals surface area (Å²) in [6.45, 7) is 3.01. The maximum atomic E-state index is 10.5. The van der Waals surface area contributed by atoms with Crippen LogP contribution in [0.5, 0.6) is 0 Å². The summed E-state index contributed by atoms with van der Waals surface area (Å²) in [5, 5.41) is 0. The van der Waals surface area contributed by atoms with Crippen LogP contribution in [0.1, 0.15) is 12.5 Å². The van der Waals surface area contributed by atoms with Crippen molar-refractivity contribution in [1.29, 1.82) is 0 Å². The number of likely N-dealkylation sites (N-methyl/N-ethyl adjacent to an activating group) is 1. The van der Waals surface area contributed by atoms with E-state index in [4.69, 9.17) is 0 Å². The second kappa shape index (κ2) is 3.66. The molecule has 2 nitrogen and oxygen atoms in total. The minimum Gasteiger partial charge on any atom is -0.345 e. The molecule has 0 saturated carbocycles. The third kappa shape index (κ3) is 1.33. The Labute approximate surface area is 83.8 Å². The predicted molar refractivity (Wildman–Crippen MR) is 57.3 cm³/mol. The van der Waals surface area contributed by atoms with E-state index < -0.39 is 0 Å². The third-order valence-electron chi connectivity index (χ3n) is 2.58. The number of hydrogen-bond acceptors (Lipinski definition) is 2. The summed E-state index contributed by atoms with van der Waals surface area (Å²) in [5.41, 5.74) is 3.65. The molecule has 2 heteroatoms. The van der Waals surface area contributed by atoms with Crippen LogP contribution in [-0.2, 0) is 11.2 Å². The molecule has 0 aliphatic carbocycles. The first-order valence-corrected chi connectivity index (χ1v) is 4.86. The van der Waals surface area contributed by atoms with Gasteiger partial charge in [0.15, 0.2) is 0 Å². The van der Waals surface area contributed by atoms with E-state index in [0.717, 1.165) is 24.9 Å². The van der Waals surface area contributed by atoms with Crippen molar-refractivity contribution >= 4 is 12.0 Å². The Bertz CT molecular complexity index is 382. The molecule has 1 aromatic carbocycles. The second-order valence-corrected chi connectivity index (χ2v) is 3.34. The van der Waals surface area contributed by atoms with Crippen LogP contribution < -0.4 is 4.90 Å². The van der Waals surface area contributed by atoms with Gasteiger partial charge in [-0.25, -0.2) is 0 Å². The molecule has 0 fully saturated rings. The minimum atomic E-state index is 0.865. The molecule has 0 spiro atoms. The highest BCUT2D eigenvalue weighted by Crippen LogP contribution is 2.33. The molecule has 1 aliphatic rings. The number of benzene rings is 1. The van der Waals surface area contributed by atoms with Crippen LogP contribution in [0.15, 0.2) is 36.0 Å². The number of para-hydroxylation sites is 1. The summed E-state index contributed by atoms with van der Waals surface area (Å²) in [6.07, 6.45) is 3.40. The lowest BCUT2D eigenvalue weighted by molar-refractivity contribution is -0.104. The van der Waals surface area contributed by atoms with E-state index >= 15 is 0 Å². The van der Waals surface area contributed by atoms with Gasteiger partial charge in [0, 0.05) is 24.4 Å². The summed E-state index contributed by atoms with van der Waals surface area (Å²) in [5.74, 6) is 0. The molecule has 0 atom stereocenters. The van der Waals surface area contributed by atoms with Crippen molar-refractivity contribution in [2.75, 3.05) is 11.4 Å². The second-order valence-electron chi connectivity index (χ2n) is 3.34. The fourth-order valence-electron chi connectivity index (χ4n) is 1.97. The lowest BCUT2D eigenvalue weighted by atomic mass is 10.1. The highest BCUT2D eigenvalue weighted by Gasteiger charge is 2.21. The van der Waals surface area contributed by atoms with Crippen molar-refractivity contribution in [2.45, 2.75) is 13.3 Å². The molecule has 0 radical (unpaired) electrons. The summed E-state index contributed by atoms with van der Waals surface area (Å²) in [6, 6.07) is 8.29. The Morgan fingerprint density at radius 2 is 2.21 bits per heavy atom. The average Bonchev–Trinajstić information content (AvgIpc) is 2.55. The highest BCUT2D eigenvalue weighted by molar-refractivity contribution is 5.73. The first kappa shape index (κ1) is 9.00. The molecule has 0 aromatic heterocycles. The zero-order valence-electron chi connectivity index (χ0n) is 8.23. The zero-order chi connectivity index (χ0) is 9.97. The molecular weight excluding hydrogens is 174 g/mol. The van der Waals surface area contributed by atoms with Crippen molar-refractivity contribution < 1.29 is 4.79 Å². The van der Waals surface area contributed by atoms with E-state index in [0.29, 0.717) is 0 Å². The maximum Gasteiger partial charge on any atom is 0.144 e. The standard InChI is InChI=1S/C12H13NO/c1-2-13-11(7-8-14)9-10-5-3-4-6-12(10)13/h3-8H,2,9H2,1H3/b11-7+. The SMILES string of the molecule is CCN1/C(=C/C=O)Cc2ccccc21. The third-order valence-corrected chi connectivity index (χ3v) is 2.58. The van der Waals surface area contributed by atoms with Gasteiger partial charge in [0.1, 0.15) is 6.29 Å². The van der Waals surface area contributed by atoms with Gasteiger partial charge in [-0.1, -0.05) is 18.2 Å². The van der Waals surface area contributed by atoms with Gasteiger partial charge in [-0.05, 0) is 24.6 Å². The van der Waals surface area contributed by atoms with Crippen molar-refractivity contribution in [3.05, 3.63) is 41.6 Å². The lowest BCUT2D eigenvalue weighted by Crippen LogP contribution is -2.17. The Morgan fingerprint density at radius 3 is 2.93 bits per heavy atom. The molecule has 0 amide bonds. The molecule has 1 heterocycles. The normalized spacial score (nSPS) is 17.2. The van der Waals surface area contributed by atoms with E-state index in [9.17, 15) is 4.79 Å². The predicted octanol–water partition coefficient (Wildman–Crippen LogP) is 2.15. The number of carbonyl (C=O) groups is 1. The van der Waals surface area contributed by atoms with E-state index in [1.165, 1.54) is 11.3 Å². The summed E-state index contributed by atoms with van der Waals surface area (Å²) < 4.78 is 0. The maximum absolute atomic E-state index is 10.5. The van der Waals surface area contributed by atoms with Crippen LogP contribution >= 0.6 is 0 Å². The van der Waals surface area contributed by atoms with Crippen LogP contribution in [-0.4, -0.2) is 12.8 Å². The highest BCUT2D eigenvalue weighted by atomic mass is 16.1. The Morgan fingerprint density at radius 1 is 1.43 bits per heavy atom. The van der Waals surface area contributed by atoms with Crippen LogP contribution in [0.2, 0.25) is 0 Å². The smallest absolute Gasteiger partial charge is 0.144 e. The van der Waals surface area contributed by atoms with E-state index in [1.807, 2.05) is 12.1 Å². The molecule has 0 unspecified atom stereocenters. The molecule has 1 aliphatic heterocycles. The van der Waals surface area contributed by atoms with Crippen LogP contribution in [0.25, 0.3) is 0 Å². The number of anilines is 1. The summed E-state index contributed by atoms with van der Waals surface area (Å²) in [7, 11) is 0. The van der Waals surface area contributed by atoms with Gasteiger partial charge in [-0.3, -0.25) is 4.79 Å². The van der Waals surface area contributed by atoms with E-state index in [1.54, 1.807) is 6.08 Å². The molecule has 0 bridgehead atoms. The number of hydrogen-bond donors (Lipinski definition) is 0. The molecule has 14 heavy (non-hydrogen) atoms. The van der Waals surface area contributed by atoms with Gasteiger partial charge in [0.2, 0.25) is 0 Å². The summed E-state index contributed by atoms with van der Waals surface area (Å²) in [4.78, 5) is 12.7. The van der Waals surface area contributed by atoms with Crippen molar-refractivity contribution in [2.24, 2.45) is 0 Å². The van der Waals surface area contributed by atoms with Gasteiger partial charge in [0.25, 0.3) is 0 Å². The van der Waals surface area contributed by atoms with Gasteiger partial charge in [0.05, 0.1) is 0 Å². The molecule has 1 aromatic rings. The largest absolute Gasteiger partial charge is 0.345 e. The van der Waals surface area contributed by atoms with Crippen molar-refractivity contribution in [1.82, 2.24) is 0 Å². The van der Waals surface area contributed by atoms with Crippen LogP contribution in [0, 0.1) is 0 Å². The number of nitrogens with zero attached hydrogens (tertiary/aromatic N) is 1. The van der Waals surface area contributed by atoms with Crippen molar-refractivity contribution in [3.8, 4) is 0 Å². The Balaban J connectivity index is 2.43. The fraction of sp³-hybridized carbons (Fsp3) is 0.250. The monoisotopic (exact) mass is 187 g/mol. The van der Waals surface area contributed by atoms with Gasteiger partial charge >= 0.3 is 0 Å². The van der Waals surface area contributed by atoms with Crippen LogP contribution in [0.3, 0.4) is 0 Å².